The van der Waals surface area contributed by atoms with Crippen molar-refractivity contribution in [1.29, 1.82) is 0 Å². The van der Waals surface area contributed by atoms with Crippen molar-refractivity contribution >= 4 is 68.7 Å². The number of hydrogen-bond acceptors (Lipinski definition) is 6. The van der Waals surface area contributed by atoms with E-state index < -0.39 is 7.14 Å². The fraction of sp³-hybridized carbons (Fsp3) is 0.433. The Kier molecular flexibility index (Phi) is 10.5. The minimum absolute atomic E-state index is 0.0893. The molecule has 0 aliphatic carbocycles. The van der Waals surface area contributed by atoms with Gasteiger partial charge in [0, 0.05) is 33.6 Å². The van der Waals surface area contributed by atoms with Crippen molar-refractivity contribution < 1.29 is 14.2 Å². The highest BCUT2D eigenvalue weighted by atomic mass is 127. The number of imidazole rings is 1. The molecule has 0 spiro atoms. The predicted molar refractivity (Wildman–Crippen MR) is 173 cm³/mol. The summed E-state index contributed by atoms with van der Waals surface area (Å²) in [6.45, 7) is 6.74. The smallest absolute Gasteiger partial charge is 0.220 e. The van der Waals surface area contributed by atoms with Gasteiger partial charge in [-0.25, -0.2) is 9.97 Å². The van der Waals surface area contributed by atoms with E-state index in [1.165, 1.54) is 9.13 Å². The summed E-state index contributed by atoms with van der Waals surface area (Å²) in [5, 5.41) is 4.66. The van der Waals surface area contributed by atoms with Gasteiger partial charge in [-0.05, 0) is 97.9 Å². The van der Waals surface area contributed by atoms with Crippen LogP contribution in [-0.2, 0) is 22.2 Å². The molecule has 0 bridgehead atoms. The zero-order valence-corrected chi connectivity index (χ0v) is 26.6. The van der Waals surface area contributed by atoms with Crippen LogP contribution in [0.3, 0.4) is 0 Å². The van der Waals surface area contributed by atoms with Crippen molar-refractivity contribution in [2.45, 2.75) is 58.3 Å². The van der Waals surface area contributed by atoms with Crippen molar-refractivity contribution in [1.82, 2.24) is 20.0 Å². The Morgan fingerprint density at radius 1 is 1.05 bits per heavy atom. The van der Waals surface area contributed by atoms with Gasteiger partial charge in [0.25, 0.3) is 0 Å². The van der Waals surface area contributed by atoms with Gasteiger partial charge in [0.05, 0.1) is 5.52 Å². The fourth-order valence-corrected chi connectivity index (χ4v) is 5.86. The number of amides is 1. The molecular formula is C30H39IN5O3P. The normalized spacial score (nSPS) is 11.8. The maximum Gasteiger partial charge on any atom is 0.220 e. The quantitative estimate of drug-likeness (QED) is 0.101. The summed E-state index contributed by atoms with van der Waals surface area (Å²) in [6, 6.07) is 14.1. The zero-order valence-electron chi connectivity index (χ0n) is 23.6. The molecule has 214 valence electrons. The predicted octanol–water partition coefficient (Wildman–Crippen LogP) is 5.71. The molecule has 2 heterocycles. The van der Waals surface area contributed by atoms with E-state index in [2.05, 4.69) is 64.1 Å². The average Bonchev–Trinajstić information content (AvgIpc) is 3.29. The third kappa shape index (κ3) is 7.75. The number of pyridine rings is 1. The Morgan fingerprint density at radius 2 is 1.82 bits per heavy atom. The average molecular weight is 676 g/mol. The highest BCUT2D eigenvalue weighted by Gasteiger charge is 2.20. The Hall–Kier alpha value is -2.65. The van der Waals surface area contributed by atoms with E-state index >= 15 is 0 Å². The van der Waals surface area contributed by atoms with Crippen LogP contribution in [0.15, 0.2) is 42.5 Å². The molecule has 0 saturated carbocycles. The van der Waals surface area contributed by atoms with Crippen LogP contribution >= 0.6 is 29.7 Å². The third-order valence-corrected chi connectivity index (χ3v) is 9.14. The first-order valence-corrected chi connectivity index (χ1v) is 17.7. The number of aromatic nitrogens is 3. The van der Waals surface area contributed by atoms with Crippen LogP contribution in [0.1, 0.15) is 56.8 Å². The van der Waals surface area contributed by atoms with Crippen molar-refractivity contribution in [2.24, 2.45) is 0 Å². The van der Waals surface area contributed by atoms with Gasteiger partial charge >= 0.3 is 0 Å². The summed E-state index contributed by atoms with van der Waals surface area (Å²) in [5.41, 5.74) is 9.70. The Labute approximate surface area is 249 Å². The Balaban J connectivity index is 1.36. The van der Waals surface area contributed by atoms with Crippen LogP contribution in [0.2, 0.25) is 0 Å². The highest BCUT2D eigenvalue weighted by molar-refractivity contribution is 14.1. The van der Waals surface area contributed by atoms with Gasteiger partial charge in [0.15, 0.2) is 5.82 Å². The second-order valence-corrected chi connectivity index (χ2v) is 15.0. The molecule has 0 radical (unpaired) electrons. The van der Waals surface area contributed by atoms with Crippen LogP contribution < -0.4 is 21.2 Å². The lowest BCUT2D eigenvalue weighted by molar-refractivity contribution is -0.121. The van der Waals surface area contributed by atoms with Crippen molar-refractivity contribution in [3.63, 3.8) is 0 Å². The minimum Gasteiger partial charge on any atom is -0.412 e. The fourth-order valence-electron chi connectivity index (χ4n) is 4.63. The Bertz CT molecular complexity index is 1510. The molecule has 0 aliphatic rings. The lowest BCUT2D eigenvalue weighted by Gasteiger charge is -2.13. The topological polar surface area (TPSA) is 112 Å². The molecule has 0 atom stereocenters. The molecule has 10 heteroatoms. The monoisotopic (exact) mass is 675 g/mol. The number of carbonyl (C=O) groups excluding carboxylic acids is 1. The van der Waals surface area contributed by atoms with E-state index in [-0.39, 0.29) is 5.91 Å². The number of rotatable bonds is 14. The number of nitrogens with two attached hydrogens (primary N) is 1. The first-order chi connectivity index (χ1) is 19.2. The summed E-state index contributed by atoms with van der Waals surface area (Å²) in [6.07, 6.45) is 6.65. The molecule has 0 unspecified atom stereocenters. The number of fused-ring (bicyclic) bond motifs is 3. The molecule has 0 fully saturated rings. The number of nitrogens with one attached hydrogen (secondary N) is 1. The molecule has 3 N–H and O–H groups in total. The number of anilines is 1. The second-order valence-electron chi connectivity index (χ2n) is 10.5. The number of nitrogen functional groups attached to an aromatic ring is 1. The van der Waals surface area contributed by atoms with Crippen LogP contribution in [-0.4, -0.2) is 47.1 Å². The number of benzene rings is 2. The van der Waals surface area contributed by atoms with Gasteiger partial charge in [-0.1, -0.05) is 31.5 Å². The van der Waals surface area contributed by atoms with E-state index in [9.17, 15) is 9.36 Å². The SMILES string of the molecule is CCCCc1nc2c(N)nc3cc(P(C)(C)=O)ccc3c2n1OCCCCNC(=O)CCCc1ccc(I)cc1. The molecule has 8 nitrogen and oxygen atoms in total. The zero-order chi connectivity index (χ0) is 28.7. The van der Waals surface area contributed by atoms with Crippen molar-refractivity contribution in [2.75, 3.05) is 32.2 Å². The number of aryl methyl sites for hydroxylation is 2. The largest absolute Gasteiger partial charge is 0.412 e. The molecule has 4 rings (SSSR count). The van der Waals surface area contributed by atoms with Gasteiger partial charge in [0.1, 0.15) is 30.6 Å². The molecule has 40 heavy (non-hydrogen) atoms. The van der Waals surface area contributed by atoms with Gasteiger partial charge in [-0.2, -0.15) is 4.73 Å². The van der Waals surface area contributed by atoms with E-state index in [1.54, 1.807) is 13.3 Å². The number of unbranched alkanes of at least 4 members (excludes halogenated alkanes) is 2. The maximum atomic E-state index is 12.7. The lowest BCUT2D eigenvalue weighted by Crippen LogP contribution is -2.25. The van der Waals surface area contributed by atoms with E-state index in [0.29, 0.717) is 36.4 Å². The van der Waals surface area contributed by atoms with E-state index in [4.69, 9.17) is 15.6 Å². The van der Waals surface area contributed by atoms with Gasteiger partial charge < -0.3 is 20.5 Å². The molecule has 1 amide bonds. The Morgan fingerprint density at radius 3 is 2.55 bits per heavy atom. The van der Waals surface area contributed by atoms with Crippen molar-refractivity contribution in [3.8, 4) is 0 Å². The van der Waals surface area contributed by atoms with Crippen LogP contribution in [0.5, 0.6) is 0 Å². The number of carbonyl (C=O) groups is 1. The molecule has 4 aromatic rings. The van der Waals surface area contributed by atoms with Gasteiger partial charge in [0.2, 0.25) is 5.91 Å². The maximum absolute atomic E-state index is 12.7. The van der Waals surface area contributed by atoms with Gasteiger partial charge in [-0.15, -0.1) is 0 Å². The van der Waals surface area contributed by atoms with Crippen LogP contribution in [0.25, 0.3) is 21.9 Å². The number of halogens is 1. The van der Waals surface area contributed by atoms with E-state index in [0.717, 1.165) is 67.0 Å². The lowest BCUT2D eigenvalue weighted by atomic mass is 10.1. The number of hydrogen-bond donors (Lipinski definition) is 2. The third-order valence-electron chi connectivity index (χ3n) is 6.89. The number of nitrogens with zero attached hydrogens (tertiary/aromatic N) is 3. The molecular weight excluding hydrogens is 636 g/mol. The highest BCUT2D eigenvalue weighted by Crippen LogP contribution is 2.36. The molecule has 2 aromatic carbocycles. The summed E-state index contributed by atoms with van der Waals surface area (Å²) >= 11 is 2.30. The van der Waals surface area contributed by atoms with E-state index in [1.807, 2.05) is 22.9 Å². The summed E-state index contributed by atoms with van der Waals surface area (Å²) in [5.74, 6) is 1.25. The standard InChI is InChI=1S/C30H39IN5O3P/c1-4-5-10-26-35-28-29(24-17-16-23(40(2,3)38)20-25(24)34-30(28)32)36(26)39-19-7-6-18-33-27(37)11-8-9-21-12-14-22(31)15-13-21/h12-17,20H,4-11,18-19H2,1-3H3,(H2,32,34)(H,33,37). The van der Waals surface area contributed by atoms with Crippen LogP contribution in [0, 0.1) is 3.57 Å². The molecule has 0 aliphatic heterocycles. The summed E-state index contributed by atoms with van der Waals surface area (Å²) < 4.78 is 15.7. The second kappa shape index (κ2) is 13.8. The first kappa shape index (κ1) is 30.3. The van der Waals surface area contributed by atoms with Crippen LogP contribution in [0.4, 0.5) is 5.82 Å². The molecule has 2 aromatic heterocycles. The minimum atomic E-state index is -2.44. The summed E-state index contributed by atoms with van der Waals surface area (Å²) in [7, 11) is -2.44. The van der Waals surface area contributed by atoms with Gasteiger partial charge in [-0.3, -0.25) is 4.79 Å². The first-order valence-electron chi connectivity index (χ1n) is 14.0. The summed E-state index contributed by atoms with van der Waals surface area (Å²) in [4.78, 5) is 27.9. The molecule has 0 saturated heterocycles. The van der Waals surface area contributed by atoms with Crippen molar-refractivity contribution in [3.05, 3.63) is 57.4 Å².